The maximum atomic E-state index is 9.00. The number of benzene rings is 2. The molecule has 2 heterocycles. The molecule has 5 nitrogen and oxygen atoms in total. The number of hydrogen-bond donors (Lipinski definition) is 3. The lowest BCUT2D eigenvalue weighted by atomic mass is 9.95. The van der Waals surface area contributed by atoms with E-state index in [9.17, 15) is 0 Å². The van der Waals surface area contributed by atoms with Gasteiger partial charge in [0.05, 0.1) is 29.4 Å². The monoisotopic (exact) mass is 383 g/mol. The van der Waals surface area contributed by atoms with Crippen molar-refractivity contribution < 1.29 is 0 Å². The van der Waals surface area contributed by atoms with Crippen molar-refractivity contribution in [2.75, 3.05) is 23.7 Å². The summed E-state index contributed by atoms with van der Waals surface area (Å²) in [6.07, 6.45) is 1.81. The van der Waals surface area contributed by atoms with Crippen molar-refractivity contribution in [3.63, 3.8) is 0 Å². The first-order chi connectivity index (χ1) is 14.2. The molecule has 29 heavy (non-hydrogen) atoms. The highest BCUT2D eigenvalue weighted by atomic mass is 15.2. The van der Waals surface area contributed by atoms with Gasteiger partial charge in [-0.1, -0.05) is 49.4 Å². The molecule has 5 heteroatoms. The topological polar surface area (TPSA) is 72.8 Å². The molecule has 1 aromatic heterocycles. The molecule has 4 rings (SSSR count). The van der Waals surface area contributed by atoms with Crippen molar-refractivity contribution in [3.05, 3.63) is 89.6 Å². The van der Waals surface area contributed by atoms with Crippen LogP contribution in [-0.2, 0) is 0 Å². The first-order valence-corrected chi connectivity index (χ1v) is 9.98. The quantitative estimate of drug-likeness (QED) is 0.592. The van der Waals surface area contributed by atoms with Crippen molar-refractivity contribution in [1.29, 1.82) is 5.26 Å². The molecule has 3 atom stereocenters. The van der Waals surface area contributed by atoms with Crippen LogP contribution >= 0.6 is 0 Å². The second-order valence-electron chi connectivity index (χ2n) is 7.46. The highest BCUT2D eigenvalue weighted by molar-refractivity contribution is 5.67. The van der Waals surface area contributed by atoms with Gasteiger partial charge in [-0.15, -0.1) is 0 Å². The number of anilines is 2. The number of aromatic nitrogens is 1. The first-order valence-electron chi connectivity index (χ1n) is 9.98. The first kappa shape index (κ1) is 19.0. The van der Waals surface area contributed by atoms with Crippen LogP contribution in [0.25, 0.3) is 0 Å². The third-order valence-corrected chi connectivity index (χ3v) is 5.46. The highest BCUT2D eigenvalue weighted by Gasteiger charge is 2.27. The Kier molecular flexibility index (Phi) is 5.73. The lowest BCUT2D eigenvalue weighted by Gasteiger charge is -2.35. The largest absolute Gasteiger partial charge is 0.380 e. The highest BCUT2D eigenvalue weighted by Crippen LogP contribution is 2.29. The summed E-state index contributed by atoms with van der Waals surface area (Å²) in [4.78, 5) is 4.48. The molecular formula is C24H25N5. The van der Waals surface area contributed by atoms with Gasteiger partial charge in [-0.25, -0.2) is 4.98 Å². The van der Waals surface area contributed by atoms with E-state index in [0.29, 0.717) is 11.5 Å². The summed E-state index contributed by atoms with van der Waals surface area (Å²) in [5.74, 6) is 1.22. The third kappa shape index (κ3) is 4.39. The molecule has 0 radical (unpaired) electrons. The number of hydrogen-bond acceptors (Lipinski definition) is 5. The lowest BCUT2D eigenvalue weighted by Crippen LogP contribution is -2.45. The van der Waals surface area contributed by atoms with Crippen molar-refractivity contribution in [1.82, 2.24) is 10.3 Å². The third-order valence-electron chi connectivity index (χ3n) is 5.46. The van der Waals surface area contributed by atoms with Crippen LogP contribution in [0.1, 0.15) is 35.6 Å². The van der Waals surface area contributed by atoms with E-state index in [2.05, 4.69) is 58.2 Å². The number of fused-ring (bicyclic) bond motifs is 1. The van der Waals surface area contributed by atoms with Crippen molar-refractivity contribution in [2.24, 2.45) is 0 Å². The van der Waals surface area contributed by atoms with Gasteiger partial charge in [0.2, 0.25) is 0 Å². The fourth-order valence-electron chi connectivity index (χ4n) is 3.77. The molecule has 0 fully saturated rings. The van der Waals surface area contributed by atoms with Gasteiger partial charge >= 0.3 is 0 Å². The molecule has 2 aromatic carbocycles. The van der Waals surface area contributed by atoms with E-state index >= 15 is 0 Å². The zero-order valence-corrected chi connectivity index (χ0v) is 16.5. The summed E-state index contributed by atoms with van der Waals surface area (Å²) in [5, 5.41) is 19.9. The molecule has 0 amide bonds. The summed E-state index contributed by atoms with van der Waals surface area (Å²) in [5.41, 5.74) is 4.21. The standard InChI is InChI=1S/C24H25N5/c1-17(19-11-9-18(14-25)10-12-19)15-28-23(20-6-3-2-4-7-20)22-16-27-21-8-5-13-26-24(21)29-22/h2-13,17,22-23,27-28H,15-16H2,1H3,(H,26,29)/t17?,22-,23-/m1/s1. The van der Waals surface area contributed by atoms with Crippen LogP contribution in [0.15, 0.2) is 72.9 Å². The second kappa shape index (κ2) is 8.76. The molecule has 3 aromatic rings. The molecule has 146 valence electrons. The van der Waals surface area contributed by atoms with Crippen LogP contribution in [0.3, 0.4) is 0 Å². The van der Waals surface area contributed by atoms with Crippen LogP contribution in [0.5, 0.6) is 0 Å². The Bertz CT molecular complexity index is 978. The Morgan fingerprint density at radius 1 is 1.07 bits per heavy atom. The second-order valence-corrected chi connectivity index (χ2v) is 7.46. The number of pyridine rings is 1. The van der Waals surface area contributed by atoms with Crippen LogP contribution in [0, 0.1) is 11.3 Å². The number of rotatable bonds is 6. The Labute approximate surface area is 171 Å². The van der Waals surface area contributed by atoms with Gasteiger partial charge in [0, 0.05) is 19.3 Å². The van der Waals surface area contributed by atoms with Crippen molar-refractivity contribution in [3.8, 4) is 6.07 Å². The van der Waals surface area contributed by atoms with Crippen molar-refractivity contribution >= 4 is 11.5 Å². The Morgan fingerprint density at radius 3 is 2.62 bits per heavy atom. The van der Waals surface area contributed by atoms with E-state index in [0.717, 1.165) is 24.6 Å². The smallest absolute Gasteiger partial charge is 0.149 e. The summed E-state index contributed by atoms with van der Waals surface area (Å²) in [6.45, 7) is 3.86. The molecule has 0 aliphatic carbocycles. The molecule has 1 aliphatic heterocycles. The summed E-state index contributed by atoms with van der Waals surface area (Å²) < 4.78 is 0. The normalized spacial score (nSPS) is 17.2. The van der Waals surface area contributed by atoms with Gasteiger partial charge in [-0.2, -0.15) is 5.26 Å². The molecule has 3 N–H and O–H groups in total. The maximum absolute atomic E-state index is 9.00. The minimum Gasteiger partial charge on any atom is -0.380 e. The van der Waals surface area contributed by atoms with E-state index in [1.165, 1.54) is 11.1 Å². The predicted molar refractivity (Wildman–Crippen MR) is 117 cm³/mol. The van der Waals surface area contributed by atoms with Gasteiger partial charge in [0.1, 0.15) is 5.82 Å². The number of nitrogens with zero attached hydrogens (tertiary/aromatic N) is 2. The molecule has 0 saturated carbocycles. The number of nitriles is 1. The minimum absolute atomic E-state index is 0.139. The van der Waals surface area contributed by atoms with Crippen LogP contribution in [0.2, 0.25) is 0 Å². The van der Waals surface area contributed by atoms with Gasteiger partial charge in [-0.3, -0.25) is 0 Å². The predicted octanol–water partition coefficient (Wildman–Crippen LogP) is 4.29. The van der Waals surface area contributed by atoms with Crippen LogP contribution in [0.4, 0.5) is 11.5 Å². The van der Waals surface area contributed by atoms with Gasteiger partial charge in [-0.05, 0) is 41.3 Å². The van der Waals surface area contributed by atoms with Crippen LogP contribution < -0.4 is 16.0 Å². The zero-order chi connectivity index (χ0) is 20.1. The summed E-state index contributed by atoms with van der Waals surface area (Å²) >= 11 is 0. The van der Waals surface area contributed by atoms with Crippen LogP contribution in [-0.4, -0.2) is 24.1 Å². The Morgan fingerprint density at radius 2 is 1.86 bits per heavy atom. The average Bonchev–Trinajstić information content (AvgIpc) is 2.79. The van der Waals surface area contributed by atoms with E-state index in [1.54, 1.807) is 0 Å². The molecule has 0 saturated heterocycles. The van der Waals surface area contributed by atoms with E-state index in [1.807, 2.05) is 48.7 Å². The van der Waals surface area contributed by atoms with Crippen molar-refractivity contribution in [2.45, 2.75) is 24.9 Å². The molecular weight excluding hydrogens is 358 g/mol. The van der Waals surface area contributed by atoms with E-state index in [4.69, 9.17) is 5.26 Å². The fraction of sp³-hybridized carbons (Fsp3) is 0.250. The fourth-order valence-corrected chi connectivity index (χ4v) is 3.77. The Balaban J connectivity index is 1.50. The molecule has 0 bridgehead atoms. The van der Waals surface area contributed by atoms with Gasteiger partial charge in [0.15, 0.2) is 0 Å². The lowest BCUT2D eigenvalue weighted by molar-refractivity contribution is 0.453. The molecule has 0 spiro atoms. The van der Waals surface area contributed by atoms with E-state index in [-0.39, 0.29) is 12.1 Å². The van der Waals surface area contributed by atoms with E-state index < -0.39 is 0 Å². The summed E-state index contributed by atoms with van der Waals surface area (Å²) in [6, 6.07) is 24.9. The van der Waals surface area contributed by atoms with Gasteiger partial charge in [0.25, 0.3) is 0 Å². The average molecular weight is 383 g/mol. The SMILES string of the molecule is CC(CN[C@H](c1ccccc1)[C@H]1CNc2cccnc2N1)c1ccc(C#N)cc1. The van der Waals surface area contributed by atoms with Gasteiger partial charge < -0.3 is 16.0 Å². The summed E-state index contributed by atoms with van der Waals surface area (Å²) in [7, 11) is 0. The molecule has 1 aliphatic rings. The maximum Gasteiger partial charge on any atom is 0.149 e. The number of nitrogens with one attached hydrogen (secondary N) is 3. The molecule has 1 unspecified atom stereocenters. The zero-order valence-electron chi connectivity index (χ0n) is 16.5. The Hall–Kier alpha value is -3.36. The minimum atomic E-state index is 0.139.